The van der Waals surface area contributed by atoms with E-state index in [-0.39, 0.29) is 11.0 Å². The minimum atomic E-state index is -0.303. The molecule has 0 atom stereocenters. The molecule has 5 nitrogen and oxygen atoms in total. The number of amides is 1. The number of hydrogen-bond acceptors (Lipinski definition) is 5. The van der Waals surface area contributed by atoms with Gasteiger partial charge in [-0.3, -0.25) is 10.1 Å². The zero-order chi connectivity index (χ0) is 20.4. The van der Waals surface area contributed by atoms with Crippen LogP contribution >= 0.6 is 35.2 Å². The molecular weight excluding hydrogens is 424 g/mol. The third-order valence-corrected chi connectivity index (χ3v) is 6.84. The number of anilines is 2. The van der Waals surface area contributed by atoms with E-state index >= 15 is 0 Å². The first-order chi connectivity index (χ1) is 14.0. The van der Waals surface area contributed by atoms with Crippen molar-refractivity contribution in [2.75, 3.05) is 43.4 Å². The maximum atomic E-state index is 12.6. The lowest BCUT2D eigenvalue weighted by Gasteiger charge is -2.34. The van der Waals surface area contributed by atoms with Gasteiger partial charge in [0, 0.05) is 47.6 Å². The van der Waals surface area contributed by atoms with Crippen molar-refractivity contribution in [2.45, 2.75) is 0 Å². The van der Waals surface area contributed by atoms with Crippen LogP contribution in [0.4, 0.5) is 11.4 Å². The molecule has 0 radical (unpaired) electrons. The molecule has 150 valence electrons. The topological polar surface area (TPSA) is 47.6 Å². The van der Waals surface area contributed by atoms with Gasteiger partial charge >= 0.3 is 0 Å². The number of fused-ring (bicyclic) bond motifs is 1. The molecular formula is C21H21ClN4OS2. The van der Waals surface area contributed by atoms with Crippen LogP contribution in [0.5, 0.6) is 0 Å². The van der Waals surface area contributed by atoms with Gasteiger partial charge in [-0.25, -0.2) is 0 Å². The maximum Gasteiger partial charge on any atom is 0.269 e. The average molecular weight is 445 g/mol. The zero-order valence-corrected chi connectivity index (χ0v) is 18.3. The number of carbonyl (C=O) groups excluding carboxylic acids is 1. The molecule has 1 aromatic heterocycles. The lowest BCUT2D eigenvalue weighted by atomic mass is 10.2. The first kappa shape index (κ1) is 20.1. The largest absolute Gasteiger partial charge is 0.369 e. The van der Waals surface area contributed by atoms with Crippen molar-refractivity contribution in [2.24, 2.45) is 0 Å². The molecule has 0 saturated carbocycles. The maximum absolute atomic E-state index is 12.6. The summed E-state index contributed by atoms with van der Waals surface area (Å²) in [6, 6.07) is 15.8. The number of halogens is 1. The summed E-state index contributed by atoms with van der Waals surface area (Å²) in [5.74, 6) is -0.303. The second kappa shape index (κ2) is 8.67. The van der Waals surface area contributed by atoms with E-state index in [9.17, 15) is 4.79 Å². The number of benzene rings is 2. The molecule has 1 aliphatic heterocycles. The number of carbonyl (C=O) groups is 1. The molecule has 0 unspecified atom stereocenters. The molecule has 2 N–H and O–H groups in total. The van der Waals surface area contributed by atoms with E-state index in [1.807, 2.05) is 36.4 Å². The molecule has 3 aromatic rings. The van der Waals surface area contributed by atoms with Gasteiger partial charge in [0.1, 0.15) is 4.88 Å². The fraction of sp³-hybridized carbons (Fsp3) is 0.238. The van der Waals surface area contributed by atoms with Crippen molar-refractivity contribution >= 4 is 67.6 Å². The molecule has 2 aromatic carbocycles. The van der Waals surface area contributed by atoms with Crippen LogP contribution in [0.2, 0.25) is 5.02 Å². The lowest BCUT2D eigenvalue weighted by Crippen LogP contribution is -2.44. The standard InChI is InChI=1S/C21H21ClN4OS2/c1-25-10-12-26(13-11-25)15-8-6-14(7-9-15)23-21(28)24-20(27)19-18(22)16-4-2-3-5-17(16)29-19/h2-9H,10-13H2,1H3,(H2,23,24,27,28). The van der Waals surface area contributed by atoms with Crippen molar-refractivity contribution in [3.63, 3.8) is 0 Å². The van der Waals surface area contributed by atoms with Gasteiger partial charge in [-0.15, -0.1) is 11.3 Å². The first-order valence-corrected chi connectivity index (χ1v) is 10.9. The van der Waals surface area contributed by atoms with Gasteiger partial charge in [-0.2, -0.15) is 0 Å². The molecule has 1 fully saturated rings. The third-order valence-electron chi connectivity index (χ3n) is 4.96. The van der Waals surface area contributed by atoms with E-state index in [2.05, 4.69) is 39.6 Å². The van der Waals surface area contributed by atoms with Gasteiger partial charge in [0.05, 0.1) is 5.02 Å². The highest BCUT2D eigenvalue weighted by Crippen LogP contribution is 2.35. The Hall–Kier alpha value is -2.19. The van der Waals surface area contributed by atoms with Gasteiger partial charge in [0.25, 0.3) is 5.91 Å². The van der Waals surface area contributed by atoms with Crippen LogP contribution in [0.3, 0.4) is 0 Å². The number of nitrogens with zero attached hydrogens (tertiary/aromatic N) is 2. The number of nitrogens with one attached hydrogen (secondary N) is 2. The first-order valence-electron chi connectivity index (χ1n) is 9.34. The third kappa shape index (κ3) is 4.53. The summed E-state index contributed by atoms with van der Waals surface area (Å²) in [4.78, 5) is 17.8. The summed E-state index contributed by atoms with van der Waals surface area (Å²) in [6.45, 7) is 4.17. The summed E-state index contributed by atoms with van der Waals surface area (Å²) < 4.78 is 0.973. The van der Waals surface area contributed by atoms with Gasteiger partial charge in [0.2, 0.25) is 0 Å². The number of thiophene rings is 1. The highest BCUT2D eigenvalue weighted by atomic mass is 35.5. The Morgan fingerprint density at radius 2 is 1.76 bits per heavy atom. The van der Waals surface area contributed by atoms with Gasteiger partial charge in [-0.1, -0.05) is 29.8 Å². The summed E-state index contributed by atoms with van der Waals surface area (Å²) >= 11 is 13.0. The molecule has 4 rings (SSSR count). The van der Waals surface area contributed by atoms with Gasteiger partial charge in [0.15, 0.2) is 5.11 Å². The van der Waals surface area contributed by atoms with Crippen LogP contribution in [0.1, 0.15) is 9.67 Å². The predicted octanol–water partition coefficient (Wildman–Crippen LogP) is 4.43. The van der Waals surface area contributed by atoms with Crippen LogP contribution in [0, 0.1) is 0 Å². The van der Waals surface area contributed by atoms with E-state index in [1.54, 1.807) is 0 Å². The summed E-state index contributed by atoms with van der Waals surface area (Å²) in [7, 11) is 2.14. The minimum absolute atomic E-state index is 0.246. The van der Waals surface area contributed by atoms with Crippen molar-refractivity contribution in [1.29, 1.82) is 0 Å². The molecule has 1 saturated heterocycles. The van der Waals surface area contributed by atoms with Crippen molar-refractivity contribution in [3.8, 4) is 0 Å². The summed E-state index contributed by atoms with van der Waals surface area (Å²) in [5, 5.41) is 7.37. The Balaban J connectivity index is 1.37. The van der Waals surface area contributed by atoms with Crippen LogP contribution in [-0.4, -0.2) is 49.1 Å². The fourth-order valence-corrected chi connectivity index (χ4v) is 4.93. The summed E-state index contributed by atoms with van der Waals surface area (Å²) in [6.07, 6.45) is 0. The van der Waals surface area contributed by atoms with Crippen LogP contribution in [0.15, 0.2) is 48.5 Å². The molecule has 0 bridgehead atoms. The van der Waals surface area contributed by atoms with E-state index in [0.717, 1.165) is 42.0 Å². The number of likely N-dealkylation sites (N-methyl/N-ethyl adjacent to an activating group) is 1. The van der Waals surface area contributed by atoms with E-state index in [1.165, 1.54) is 17.0 Å². The smallest absolute Gasteiger partial charge is 0.269 e. The molecule has 1 amide bonds. The number of piperazine rings is 1. The van der Waals surface area contributed by atoms with E-state index in [0.29, 0.717) is 9.90 Å². The lowest BCUT2D eigenvalue weighted by molar-refractivity contribution is 0.0982. The Morgan fingerprint density at radius 1 is 1.07 bits per heavy atom. The van der Waals surface area contributed by atoms with Crippen LogP contribution in [0.25, 0.3) is 10.1 Å². The van der Waals surface area contributed by atoms with E-state index in [4.69, 9.17) is 23.8 Å². The van der Waals surface area contributed by atoms with Crippen LogP contribution in [-0.2, 0) is 0 Å². The fourth-order valence-electron chi connectivity index (χ4n) is 3.30. The van der Waals surface area contributed by atoms with Crippen LogP contribution < -0.4 is 15.5 Å². The SMILES string of the molecule is CN1CCN(c2ccc(NC(=S)NC(=O)c3sc4ccccc4c3Cl)cc2)CC1. The monoisotopic (exact) mass is 444 g/mol. The summed E-state index contributed by atoms with van der Waals surface area (Å²) in [5.41, 5.74) is 2.02. The Labute approximate surface area is 184 Å². The van der Waals surface area contributed by atoms with Crippen molar-refractivity contribution in [3.05, 3.63) is 58.4 Å². The molecule has 0 spiro atoms. The van der Waals surface area contributed by atoms with E-state index < -0.39 is 0 Å². The van der Waals surface area contributed by atoms with Gasteiger partial charge < -0.3 is 15.1 Å². The molecule has 29 heavy (non-hydrogen) atoms. The molecule has 8 heteroatoms. The zero-order valence-electron chi connectivity index (χ0n) is 15.9. The van der Waals surface area contributed by atoms with Crippen molar-refractivity contribution in [1.82, 2.24) is 10.2 Å². The molecule has 1 aliphatic rings. The minimum Gasteiger partial charge on any atom is -0.369 e. The van der Waals surface area contributed by atoms with Crippen molar-refractivity contribution < 1.29 is 4.79 Å². The molecule has 0 aliphatic carbocycles. The number of thiocarbonyl (C=S) groups is 1. The Kier molecular flexibility index (Phi) is 6.01. The highest BCUT2D eigenvalue weighted by molar-refractivity contribution is 7.80. The quantitative estimate of drug-likeness (QED) is 0.585. The number of rotatable bonds is 3. The highest BCUT2D eigenvalue weighted by Gasteiger charge is 2.18. The average Bonchev–Trinajstić information content (AvgIpc) is 3.06. The van der Waals surface area contributed by atoms with Gasteiger partial charge in [-0.05, 0) is 49.6 Å². The Morgan fingerprint density at radius 3 is 2.45 bits per heavy atom. The normalized spacial score (nSPS) is 14.8. The molecule has 2 heterocycles. The number of hydrogen-bond donors (Lipinski definition) is 2. The second-order valence-electron chi connectivity index (χ2n) is 6.99. The predicted molar refractivity (Wildman–Crippen MR) is 127 cm³/mol. The Bertz CT molecular complexity index is 1040. The second-order valence-corrected chi connectivity index (χ2v) is 8.83.